The molecule has 1 amide bonds. The molecule has 16 heavy (non-hydrogen) atoms. The molecule has 0 aromatic carbocycles. The molecule has 1 aliphatic carbocycles. The Morgan fingerprint density at radius 2 is 2.31 bits per heavy atom. The van der Waals surface area contributed by atoms with Gasteiger partial charge in [0, 0.05) is 6.54 Å². The minimum atomic E-state index is -0.221. The first kappa shape index (κ1) is 11.2. The van der Waals surface area contributed by atoms with E-state index in [0.717, 1.165) is 12.8 Å². The Balaban J connectivity index is 1.79. The van der Waals surface area contributed by atoms with E-state index < -0.39 is 0 Å². The molecule has 0 radical (unpaired) electrons. The van der Waals surface area contributed by atoms with Crippen molar-refractivity contribution in [3.63, 3.8) is 0 Å². The maximum atomic E-state index is 11.6. The summed E-state index contributed by atoms with van der Waals surface area (Å²) in [7, 11) is 0. The van der Waals surface area contributed by atoms with E-state index in [2.05, 4.69) is 5.32 Å². The van der Waals surface area contributed by atoms with Gasteiger partial charge in [0.1, 0.15) is 5.76 Å². The Hall–Kier alpha value is -1.33. The molecule has 1 aliphatic rings. The zero-order chi connectivity index (χ0) is 11.5. The summed E-state index contributed by atoms with van der Waals surface area (Å²) < 4.78 is 5.21. The number of nitrogens with two attached hydrogens (primary N) is 1. The lowest BCUT2D eigenvalue weighted by atomic mass is 9.82. The van der Waals surface area contributed by atoms with E-state index in [1.54, 1.807) is 12.1 Å². The van der Waals surface area contributed by atoms with Gasteiger partial charge in [-0.15, -0.1) is 0 Å². The predicted octanol–water partition coefficient (Wildman–Crippen LogP) is 0.239. The van der Waals surface area contributed by atoms with Gasteiger partial charge in [0.15, 0.2) is 5.76 Å². The van der Waals surface area contributed by atoms with Crippen molar-refractivity contribution in [2.24, 2.45) is 11.7 Å². The van der Waals surface area contributed by atoms with Gasteiger partial charge in [-0.1, -0.05) is 0 Å². The summed E-state index contributed by atoms with van der Waals surface area (Å²) >= 11 is 0. The summed E-state index contributed by atoms with van der Waals surface area (Å²) in [4.78, 5) is 11.6. The van der Waals surface area contributed by atoms with Crippen molar-refractivity contribution >= 4 is 5.91 Å². The fourth-order valence-electron chi connectivity index (χ4n) is 1.80. The summed E-state index contributed by atoms with van der Waals surface area (Å²) in [6.07, 6.45) is 1.35. The molecule has 1 fully saturated rings. The number of aliphatic hydroxyl groups is 1. The SMILES string of the molecule is NCc1ccc(C(=O)NCC2CC(O)C2)o1. The predicted molar refractivity (Wildman–Crippen MR) is 57.7 cm³/mol. The molecule has 0 spiro atoms. The van der Waals surface area contributed by atoms with Crippen LogP contribution < -0.4 is 11.1 Å². The third kappa shape index (κ3) is 2.43. The van der Waals surface area contributed by atoms with Crippen LogP contribution in [0.2, 0.25) is 0 Å². The summed E-state index contributed by atoms with van der Waals surface area (Å²) in [5.74, 6) is 1.06. The van der Waals surface area contributed by atoms with E-state index in [9.17, 15) is 4.79 Å². The van der Waals surface area contributed by atoms with Crippen molar-refractivity contribution in [1.82, 2.24) is 5.32 Å². The number of nitrogens with one attached hydrogen (secondary N) is 1. The molecular formula is C11H16N2O3. The largest absolute Gasteiger partial charge is 0.455 e. The fraction of sp³-hybridized carbons (Fsp3) is 0.545. The zero-order valence-electron chi connectivity index (χ0n) is 8.98. The van der Waals surface area contributed by atoms with Crippen LogP contribution in [0.15, 0.2) is 16.5 Å². The highest BCUT2D eigenvalue weighted by atomic mass is 16.4. The standard InChI is InChI=1S/C11H16N2O3/c12-5-9-1-2-10(16-9)11(15)13-6-7-3-8(14)4-7/h1-2,7-8,14H,3-6,12H2,(H,13,15). The van der Waals surface area contributed by atoms with E-state index in [4.69, 9.17) is 15.3 Å². The average molecular weight is 224 g/mol. The van der Waals surface area contributed by atoms with Gasteiger partial charge in [0.25, 0.3) is 5.91 Å². The Morgan fingerprint density at radius 1 is 1.56 bits per heavy atom. The Morgan fingerprint density at radius 3 is 2.88 bits per heavy atom. The lowest BCUT2D eigenvalue weighted by Crippen LogP contribution is -2.38. The Labute approximate surface area is 93.6 Å². The highest BCUT2D eigenvalue weighted by Gasteiger charge is 2.27. The van der Waals surface area contributed by atoms with Crippen LogP contribution in [0.25, 0.3) is 0 Å². The first-order valence-electron chi connectivity index (χ1n) is 5.44. The molecular weight excluding hydrogens is 208 g/mol. The van der Waals surface area contributed by atoms with Crippen molar-refractivity contribution in [2.45, 2.75) is 25.5 Å². The van der Waals surface area contributed by atoms with Gasteiger partial charge in [0.05, 0.1) is 12.6 Å². The number of furan rings is 1. The molecule has 4 N–H and O–H groups in total. The molecule has 0 aliphatic heterocycles. The second-order valence-corrected chi connectivity index (χ2v) is 4.17. The topological polar surface area (TPSA) is 88.5 Å². The first-order valence-corrected chi connectivity index (χ1v) is 5.44. The number of carbonyl (C=O) groups excluding carboxylic acids is 1. The first-order chi connectivity index (χ1) is 7.69. The van der Waals surface area contributed by atoms with Crippen molar-refractivity contribution in [3.05, 3.63) is 23.7 Å². The number of aliphatic hydroxyl groups excluding tert-OH is 1. The lowest BCUT2D eigenvalue weighted by molar-refractivity contribution is 0.0417. The minimum Gasteiger partial charge on any atom is -0.455 e. The van der Waals surface area contributed by atoms with Gasteiger partial charge in [0.2, 0.25) is 0 Å². The molecule has 0 bridgehead atoms. The lowest BCUT2D eigenvalue weighted by Gasteiger charge is -2.31. The molecule has 0 unspecified atom stereocenters. The van der Waals surface area contributed by atoms with E-state index in [0.29, 0.717) is 30.5 Å². The Bertz CT molecular complexity index is 369. The van der Waals surface area contributed by atoms with Gasteiger partial charge in [-0.3, -0.25) is 4.79 Å². The van der Waals surface area contributed by atoms with Gasteiger partial charge < -0.3 is 20.6 Å². The van der Waals surface area contributed by atoms with Crippen LogP contribution >= 0.6 is 0 Å². The Kier molecular flexibility index (Phi) is 3.26. The number of carbonyl (C=O) groups is 1. The van der Waals surface area contributed by atoms with Crippen LogP contribution in [0.4, 0.5) is 0 Å². The average Bonchev–Trinajstić information content (AvgIpc) is 2.70. The van der Waals surface area contributed by atoms with E-state index in [-0.39, 0.29) is 12.0 Å². The van der Waals surface area contributed by atoms with Crippen LogP contribution in [-0.4, -0.2) is 23.7 Å². The van der Waals surface area contributed by atoms with E-state index >= 15 is 0 Å². The maximum absolute atomic E-state index is 11.6. The summed E-state index contributed by atoms with van der Waals surface area (Å²) in [6, 6.07) is 3.31. The number of amides is 1. The number of hydrogen-bond acceptors (Lipinski definition) is 4. The van der Waals surface area contributed by atoms with E-state index in [1.807, 2.05) is 0 Å². The van der Waals surface area contributed by atoms with Crippen molar-refractivity contribution in [3.8, 4) is 0 Å². The van der Waals surface area contributed by atoms with Crippen LogP contribution in [-0.2, 0) is 6.54 Å². The van der Waals surface area contributed by atoms with Crippen LogP contribution in [0.1, 0.15) is 29.2 Å². The molecule has 0 atom stereocenters. The van der Waals surface area contributed by atoms with Gasteiger partial charge >= 0.3 is 0 Å². The van der Waals surface area contributed by atoms with Crippen LogP contribution in [0.3, 0.4) is 0 Å². The second-order valence-electron chi connectivity index (χ2n) is 4.17. The highest BCUT2D eigenvalue weighted by Crippen LogP contribution is 2.26. The monoisotopic (exact) mass is 224 g/mol. The van der Waals surface area contributed by atoms with Crippen molar-refractivity contribution in [2.75, 3.05) is 6.54 Å². The maximum Gasteiger partial charge on any atom is 0.287 e. The summed E-state index contributed by atoms with van der Waals surface area (Å²) in [5, 5.41) is 11.9. The molecule has 2 rings (SSSR count). The molecule has 88 valence electrons. The van der Waals surface area contributed by atoms with Gasteiger partial charge in [-0.2, -0.15) is 0 Å². The third-order valence-corrected chi connectivity index (χ3v) is 2.85. The highest BCUT2D eigenvalue weighted by molar-refractivity contribution is 5.91. The number of rotatable bonds is 4. The molecule has 1 heterocycles. The molecule has 5 heteroatoms. The fourth-order valence-corrected chi connectivity index (χ4v) is 1.80. The van der Waals surface area contributed by atoms with Crippen LogP contribution in [0, 0.1) is 5.92 Å². The molecule has 1 aromatic heterocycles. The van der Waals surface area contributed by atoms with Gasteiger partial charge in [-0.25, -0.2) is 0 Å². The van der Waals surface area contributed by atoms with Crippen LogP contribution in [0.5, 0.6) is 0 Å². The number of hydrogen-bond donors (Lipinski definition) is 3. The smallest absolute Gasteiger partial charge is 0.287 e. The summed E-state index contributed by atoms with van der Waals surface area (Å²) in [6.45, 7) is 0.886. The minimum absolute atomic E-state index is 0.186. The van der Waals surface area contributed by atoms with Gasteiger partial charge in [-0.05, 0) is 30.9 Å². The third-order valence-electron chi connectivity index (χ3n) is 2.85. The quantitative estimate of drug-likeness (QED) is 0.683. The second kappa shape index (κ2) is 4.67. The van der Waals surface area contributed by atoms with Crippen molar-refractivity contribution < 1.29 is 14.3 Å². The van der Waals surface area contributed by atoms with E-state index in [1.165, 1.54) is 0 Å². The van der Waals surface area contributed by atoms with Crippen molar-refractivity contribution in [1.29, 1.82) is 0 Å². The molecule has 0 saturated heterocycles. The normalized spacial score (nSPS) is 23.9. The summed E-state index contributed by atoms with van der Waals surface area (Å²) in [5.41, 5.74) is 5.38. The zero-order valence-corrected chi connectivity index (χ0v) is 8.98. The molecule has 1 aromatic rings. The molecule has 5 nitrogen and oxygen atoms in total. The molecule has 1 saturated carbocycles.